The summed E-state index contributed by atoms with van der Waals surface area (Å²) in [5.41, 5.74) is 0. The Morgan fingerprint density at radius 2 is 1.26 bits per heavy atom. The minimum atomic E-state index is -1.74. The van der Waals surface area contributed by atoms with Gasteiger partial charge in [0, 0.05) is 0 Å². The summed E-state index contributed by atoms with van der Waals surface area (Å²) >= 11 is 0. The van der Waals surface area contributed by atoms with Gasteiger partial charge in [0.1, 0.15) is 48.8 Å². The summed E-state index contributed by atoms with van der Waals surface area (Å²) in [5.74, 6) is 0. The number of ether oxygens (including phenoxy) is 3. The van der Waals surface area contributed by atoms with E-state index >= 15 is 0 Å². The summed E-state index contributed by atoms with van der Waals surface area (Å²) in [7, 11) is 0. The van der Waals surface area contributed by atoms with E-state index in [2.05, 4.69) is 0 Å². The van der Waals surface area contributed by atoms with Gasteiger partial charge in [0.2, 0.25) is 0 Å². The molecule has 0 saturated carbocycles. The summed E-state index contributed by atoms with van der Waals surface area (Å²) in [6, 6.07) is 0. The van der Waals surface area contributed by atoms with Crippen molar-refractivity contribution >= 4 is 0 Å². The van der Waals surface area contributed by atoms with Crippen molar-refractivity contribution in [2.75, 3.05) is 13.2 Å². The van der Waals surface area contributed by atoms with E-state index in [0.717, 1.165) is 0 Å². The van der Waals surface area contributed by atoms with Gasteiger partial charge in [-0.1, -0.05) is 0 Å². The molecule has 10 atom stereocenters. The molecule has 0 bridgehead atoms. The summed E-state index contributed by atoms with van der Waals surface area (Å²) in [6.07, 6.45) is -15.6. The predicted octanol–water partition coefficient (Wildman–Crippen LogP) is -5.40. The largest absolute Gasteiger partial charge is 0.394 e. The van der Waals surface area contributed by atoms with Gasteiger partial charge in [-0.25, -0.2) is 0 Å². The van der Waals surface area contributed by atoms with Crippen molar-refractivity contribution in [2.45, 2.75) is 61.4 Å². The zero-order valence-corrected chi connectivity index (χ0v) is 12.0. The molecule has 0 amide bonds. The van der Waals surface area contributed by atoms with Gasteiger partial charge in [0.25, 0.3) is 0 Å². The molecule has 0 radical (unpaired) electrons. The highest BCUT2D eigenvalue weighted by atomic mass is 16.7. The van der Waals surface area contributed by atoms with E-state index < -0.39 is 74.6 Å². The SMILES string of the molecule is OC[C@H]1O[C@H](O[C@H]2[C@H](O)[C@@H](O)C(O)O[C@@H]2CO)[C@@H](O)[C@@H](O)[C@@H]1O. The van der Waals surface area contributed by atoms with Gasteiger partial charge in [-0.3, -0.25) is 0 Å². The van der Waals surface area contributed by atoms with Crippen LogP contribution in [0.25, 0.3) is 0 Å². The van der Waals surface area contributed by atoms with Crippen LogP contribution in [-0.4, -0.2) is 115 Å². The third-order valence-electron chi connectivity index (χ3n) is 3.98. The van der Waals surface area contributed by atoms with Crippen LogP contribution in [0.3, 0.4) is 0 Å². The quantitative estimate of drug-likeness (QED) is 0.243. The van der Waals surface area contributed by atoms with Crippen molar-refractivity contribution in [3.05, 3.63) is 0 Å². The van der Waals surface area contributed by atoms with Crippen molar-refractivity contribution in [3.8, 4) is 0 Å². The smallest absolute Gasteiger partial charge is 0.187 e. The van der Waals surface area contributed by atoms with Crippen LogP contribution in [0.5, 0.6) is 0 Å². The molecule has 0 aromatic heterocycles. The Labute approximate surface area is 130 Å². The van der Waals surface area contributed by atoms with Gasteiger partial charge in [-0.15, -0.1) is 0 Å². The Morgan fingerprint density at radius 1 is 0.652 bits per heavy atom. The normalized spacial score (nSPS) is 51.7. The second-order valence-electron chi connectivity index (χ2n) is 5.53. The average molecular weight is 342 g/mol. The Balaban J connectivity index is 2.11. The minimum Gasteiger partial charge on any atom is -0.394 e. The molecule has 1 unspecified atom stereocenters. The lowest BCUT2D eigenvalue weighted by Crippen LogP contribution is -2.64. The Morgan fingerprint density at radius 3 is 1.83 bits per heavy atom. The van der Waals surface area contributed by atoms with Gasteiger partial charge in [-0.2, -0.15) is 0 Å². The number of aliphatic hydroxyl groups excluding tert-OH is 8. The predicted molar refractivity (Wildman–Crippen MR) is 68.6 cm³/mol. The van der Waals surface area contributed by atoms with E-state index in [1.807, 2.05) is 0 Å². The molecule has 0 aromatic rings. The van der Waals surface area contributed by atoms with E-state index in [1.54, 1.807) is 0 Å². The first kappa shape index (κ1) is 18.9. The first-order valence-electron chi connectivity index (χ1n) is 7.08. The Kier molecular flexibility index (Phi) is 6.27. The van der Waals surface area contributed by atoms with E-state index in [9.17, 15) is 35.7 Å². The van der Waals surface area contributed by atoms with Crippen molar-refractivity contribution in [1.29, 1.82) is 0 Å². The van der Waals surface area contributed by atoms with Crippen molar-refractivity contribution < 1.29 is 55.1 Å². The van der Waals surface area contributed by atoms with Crippen LogP contribution in [0.4, 0.5) is 0 Å². The van der Waals surface area contributed by atoms with E-state index in [0.29, 0.717) is 0 Å². The number of rotatable bonds is 4. The molecular formula is C12H22O11. The molecule has 2 aliphatic rings. The molecule has 0 aliphatic carbocycles. The molecule has 11 nitrogen and oxygen atoms in total. The molecule has 0 aromatic carbocycles. The molecule has 23 heavy (non-hydrogen) atoms. The standard InChI is InChI=1S/C12H22O11/c13-1-3-5(15)6(16)9(19)12(22-3)23-10-4(2-14)21-11(20)8(18)7(10)17/h3-20H,1-2H2/t3-,4-,5-,6+,7-,8-,9+,10-,11?,12-/m1/s1. The summed E-state index contributed by atoms with van der Waals surface area (Å²) < 4.78 is 15.3. The molecule has 136 valence electrons. The zero-order chi connectivity index (χ0) is 17.3. The molecule has 8 N–H and O–H groups in total. The maximum atomic E-state index is 9.94. The molecule has 2 heterocycles. The second-order valence-corrected chi connectivity index (χ2v) is 5.53. The monoisotopic (exact) mass is 342 g/mol. The van der Waals surface area contributed by atoms with Gasteiger partial charge in [-0.05, 0) is 0 Å². The average Bonchev–Trinajstić information content (AvgIpc) is 2.55. The molecule has 11 heteroatoms. The van der Waals surface area contributed by atoms with Crippen LogP contribution in [0.1, 0.15) is 0 Å². The molecule has 0 spiro atoms. The fourth-order valence-corrected chi connectivity index (χ4v) is 2.57. The van der Waals surface area contributed by atoms with Gasteiger partial charge in [0.05, 0.1) is 13.2 Å². The minimum absolute atomic E-state index is 0.667. The topological polar surface area (TPSA) is 190 Å². The Bertz CT molecular complexity index is 378. The zero-order valence-electron chi connectivity index (χ0n) is 12.0. The lowest BCUT2D eigenvalue weighted by molar-refractivity contribution is -0.355. The Hall–Kier alpha value is -0.440. The fraction of sp³-hybridized carbons (Fsp3) is 1.00. The lowest BCUT2D eigenvalue weighted by atomic mass is 9.97. The molecule has 2 aliphatic heterocycles. The first-order valence-corrected chi connectivity index (χ1v) is 7.08. The summed E-state index contributed by atoms with van der Waals surface area (Å²) in [6.45, 7) is -1.35. The van der Waals surface area contributed by atoms with Gasteiger partial charge >= 0.3 is 0 Å². The summed E-state index contributed by atoms with van der Waals surface area (Å²) in [4.78, 5) is 0. The van der Waals surface area contributed by atoms with Crippen LogP contribution in [0, 0.1) is 0 Å². The second kappa shape index (κ2) is 7.63. The summed E-state index contributed by atoms with van der Waals surface area (Å²) in [5, 5.41) is 76.5. The van der Waals surface area contributed by atoms with Crippen LogP contribution in [0.15, 0.2) is 0 Å². The van der Waals surface area contributed by atoms with Crippen molar-refractivity contribution in [2.24, 2.45) is 0 Å². The highest BCUT2D eigenvalue weighted by Gasteiger charge is 2.50. The molecular weight excluding hydrogens is 320 g/mol. The highest BCUT2D eigenvalue weighted by Crippen LogP contribution is 2.28. The van der Waals surface area contributed by atoms with Crippen molar-refractivity contribution in [3.63, 3.8) is 0 Å². The van der Waals surface area contributed by atoms with Crippen LogP contribution >= 0.6 is 0 Å². The van der Waals surface area contributed by atoms with Crippen molar-refractivity contribution in [1.82, 2.24) is 0 Å². The highest BCUT2D eigenvalue weighted by molar-refractivity contribution is 4.93. The van der Waals surface area contributed by atoms with Crippen LogP contribution in [-0.2, 0) is 14.2 Å². The van der Waals surface area contributed by atoms with E-state index in [1.165, 1.54) is 0 Å². The maximum absolute atomic E-state index is 9.94. The third kappa shape index (κ3) is 3.65. The first-order chi connectivity index (χ1) is 10.8. The fourth-order valence-electron chi connectivity index (χ4n) is 2.57. The number of hydrogen-bond donors (Lipinski definition) is 8. The molecule has 2 saturated heterocycles. The molecule has 2 rings (SSSR count). The van der Waals surface area contributed by atoms with Crippen LogP contribution < -0.4 is 0 Å². The maximum Gasteiger partial charge on any atom is 0.187 e. The lowest BCUT2D eigenvalue weighted by Gasteiger charge is -2.45. The van der Waals surface area contributed by atoms with Gasteiger partial charge < -0.3 is 55.1 Å². The number of aliphatic hydroxyl groups is 8. The van der Waals surface area contributed by atoms with Gasteiger partial charge in [0.15, 0.2) is 12.6 Å². The third-order valence-corrected chi connectivity index (χ3v) is 3.98. The van der Waals surface area contributed by atoms with E-state index in [4.69, 9.17) is 19.3 Å². The molecule has 2 fully saturated rings. The number of hydrogen-bond acceptors (Lipinski definition) is 11. The van der Waals surface area contributed by atoms with Crippen LogP contribution in [0.2, 0.25) is 0 Å². The van der Waals surface area contributed by atoms with E-state index in [-0.39, 0.29) is 0 Å².